The van der Waals surface area contributed by atoms with E-state index in [0.717, 1.165) is 31.6 Å². The molecule has 28 heavy (non-hydrogen) atoms. The molecule has 0 saturated carbocycles. The highest BCUT2D eigenvalue weighted by molar-refractivity contribution is 5.97. The van der Waals surface area contributed by atoms with Crippen LogP contribution < -0.4 is 10.6 Å². The first kappa shape index (κ1) is 21.9. The van der Waals surface area contributed by atoms with E-state index in [1.165, 1.54) is 0 Å². The maximum Gasteiger partial charge on any atom is 0.251 e. The lowest BCUT2D eigenvalue weighted by Gasteiger charge is -2.25. The minimum atomic E-state index is -0.562. The summed E-state index contributed by atoms with van der Waals surface area (Å²) >= 11 is 0. The second-order valence-electron chi connectivity index (χ2n) is 7.08. The van der Waals surface area contributed by atoms with Crippen LogP contribution in [0.15, 0.2) is 60.7 Å². The van der Waals surface area contributed by atoms with E-state index in [1.54, 1.807) is 12.1 Å². The molecule has 150 valence electrons. The Morgan fingerprint density at radius 1 is 1.07 bits per heavy atom. The van der Waals surface area contributed by atoms with Crippen molar-refractivity contribution in [3.05, 3.63) is 71.8 Å². The Hall–Kier alpha value is -2.37. The molecule has 2 N–H and O–H groups in total. The van der Waals surface area contributed by atoms with Crippen molar-refractivity contribution < 1.29 is 9.59 Å². The molecule has 1 aliphatic heterocycles. The summed E-state index contributed by atoms with van der Waals surface area (Å²) in [6.07, 6.45) is 1.49. The largest absolute Gasteiger partial charge is 0.341 e. The smallest absolute Gasteiger partial charge is 0.251 e. The number of halogens is 1. The van der Waals surface area contributed by atoms with E-state index in [-0.39, 0.29) is 24.2 Å². The lowest BCUT2D eigenvalue weighted by Crippen LogP contribution is -2.49. The van der Waals surface area contributed by atoms with Gasteiger partial charge in [0.1, 0.15) is 6.04 Å². The van der Waals surface area contributed by atoms with E-state index < -0.39 is 6.04 Å². The predicted molar refractivity (Wildman–Crippen MR) is 114 cm³/mol. The Morgan fingerprint density at radius 3 is 2.36 bits per heavy atom. The molecule has 0 bridgehead atoms. The third kappa shape index (κ3) is 5.81. The zero-order chi connectivity index (χ0) is 19.1. The number of nitrogens with zero attached hydrogens (tertiary/aromatic N) is 1. The van der Waals surface area contributed by atoms with Gasteiger partial charge in [0.15, 0.2) is 0 Å². The van der Waals surface area contributed by atoms with Crippen LogP contribution in [0.1, 0.15) is 22.3 Å². The summed E-state index contributed by atoms with van der Waals surface area (Å²) in [6.45, 7) is 2.40. The molecule has 1 saturated heterocycles. The Balaban J connectivity index is 0.00000280. The van der Waals surface area contributed by atoms with Gasteiger partial charge in [-0.15, -0.1) is 12.4 Å². The highest BCUT2D eigenvalue weighted by Crippen LogP contribution is 2.18. The lowest BCUT2D eigenvalue weighted by molar-refractivity contribution is -0.132. The fraction of sp³-hybridized carbons (Fsp3) is 0.364. The molecule has 2 aromatic rings. The van der Waals surface area contributed by atoms with Crippen molar-refractivity contribution in [2.45, 2.75) is 18.9 Å². The van der Waals surface area contributed by atoms with E-state index >= 15 is 0 Å². The summed E-state index contributed by atoms with van der Waals surface area (Å²) in [5.41, 5.74) is 1.60. The Kier molecular flexibility index (Phi) is 8.48. The molecule has 1 heterocycles. The molecule has 3 rings (SSSR count). The molecule has 0 spiro atoms. The molecule has 6 heteroatoms. The summed E-state index contributed by atoms with van der Waals surface area (Å²) in [4.78, 5) is 27.7. The molecule has 2 aromatic carbocycles. The maximum atomic E-state index is 13.2. The quantitative estimate of drug-likeness (QED) is 0.749. The standard InChI is InChI=1S/C22H27N3O2.ClH/c1-23-15-18-12-13-25(16-18)22(27)20(14-17-8-4-2-5-9-17)24-21(26)19-10-6-3-7-11-19;/h2-11,18,20,23H,12-16H2,1H3,(H,24,26);1H. The topological polar surface area (TPSA) is 61.4 Å². The number of nitrogens with one attached hydrogen (secondary N) is 2. The fourth-order valence-electron chi connectivity index (χ4n) is 3.59. The number of rotatable bonds is 7. The van der Waals surface area contributed by atoms with Gasteiger partial charge in [0.25, 0.3) is 5.91 Å². The highest BCUT2D eigenvalue weighted by atomic mass is 35.5. The van der Waals surface area contributed by atoms with Gasteiger partial charge >= 0.3 is 0 Å². The normalized spacial score (nSPS) is 16.9. The second-order valence-corrected chi connectivity index (χ2v) is 7.08. The van der Waals surface area contributed by atoms with Crippen molar-refractivity contribution in [2.24, 2.45) is 5.92 Å². The van der Waals surface area contributed by atoms with Crippen LogP contribution in [0, 0.1) is 5.92 Å². The lowest BCUT2D eigenvalue weighted by atomic mass is 10.0. The number of hydrogen-bond donors (Lipinski definition) is 2. The van der Waals surface area contributed by atoms with Crippen LogP contribution in [0.4, 0.5) is 0 Å². The molecule has 0 aromatic heterocycles. The van der Waals surface area contributed by atoms with Crippen LogP contribution in [-0.2, 0) is 11.2 Å². The average molecular weight is 402 g/mol. The van der Waals surface area contributed by atoms with Crippen molar-refractivity contribution in [1.82, 2.24) is 15.5 Å². The second kappa shape index (κ2) is 10.8. The number of amides is 2. The summed E-state index contributed by atoms with van der Waals surface area (Å²) in [5, 5.41) is 6.14. The van der Waals surface area contributed by atoms with E-state index in [9.17, 15) is 9.59 Å². The Bertz CT molecular complexity index is 755. The van der Waals surface area contributed by atoms with Crippen LogP contribution >= 0.6 is 12.4 Å². The van der Waals surface area contributed by atoms with Gasteiger partial charge in [-0.1, -0.05) is 48.5 Å². The van der Waals surface area contributed by atoms with Crippen molar-refractivity contribution >= 4 is 24.2 Å². The van der Waals surface area contributed by atoms with E-state index in [0.29, 0.717) is 17.9 Å². The van der Waals surface area contributed by atoms with Crippen LogP contribution in [0.2, 0.25) is 0 Å². The minimum Gasteiger partial charge on any atom is -0.341 e. The first-order chi connectivity index (χ1) is 13.2. The van der Waals surface area contributed by atoms with E-state index in [1.807, 2.05) is 60.5 Å². The van der Waals surface area contributed by atoms with Gasteiger partial charge in [0.05, 0.1) is 0 Å². The number of carbonyl (C=O) groups excluding carboxylic acids is 2. The number of benzene rings is 2. The monoisotopic (exact) mass is 401 g/mol. The van der Waals surface area contributed by atoms with Gasteiger partial charge in [-0.3, -0.25) is 9.59 Å². The fourth-order valence-corrected chi connectivity index (χ4v) is 3.59. The van der Waals surface area contributed by atoms with Gasteiger partial charge in [-0.05, 0) is 43.6 Å². The van der Waals surface area contributed by atoms with Gasteiger partial charge in [-0.25, -0.2) is 0 Å². The van der Waals surface area contributed by atoms with Crippen molar-refractivity contribution in [3.8, 4) is 0 Å². The molecule has 2 unspecified atom stereocenters. The number of likely N-dealkylation sites (tertiary alicyclic amines) is 1. The predicted octanol–water partition coefficient (Wildman–Crippen LogP) is 2.52. The van der Waals surface area contributed by atoms with Crippen LogP contribution in [0.25, 0.3) is 0 Å². The average Bonchev–Trinajstić information content (AvgIpc) is 3.17. The van der Waals surface area contributed by atoms with Crippen LogP contribution in [0.3, 0.4) is 0 Å². The van der Waals surface area contributed by atoms with Crippen molar-refractivity contribution in [2.75, 3.05) is 26.7 Å². The summed E-state index contributed by atoms with van der Waals surface area (Å²) in [5.74, 6) is 0.263. The SMILES string of the molecule is CNCC1CCN(C(=O)C(Cc2ccccc2)NC(=O)c2ccccc2)C1.Cl. The molecule has 2 amide bonds. The van der Waals surface area contributed by atoms with E-state index in [4.69, 9.17) is 0 Å². The Morgan fingerprint density at radius 2 is 1.71 bits per heavy atom. The van der Waals surface area contributed by atoms with Crippen molar-refractivity contribution in [1.29, 1.82) is 0 Å². The van der Waals surface area contributed by atoms with Gasteiger partial charge < -0.3 is 15.5 Å². The first-order valence-corrected chi connectivity index (χ1v) is 9.50. The van der Waals surface area contributed by atoms with Gasteiger partial charge in [0, 0.05) is 25.1 Å². The van der Waals surface area contributed by atoms with Crippen LogP contribution in [-0.4, -0.2) is 49.4 Å². The van der Waals surface area contributed by atoms with Crippen LogP contribution in [0.5, 0.6) is 0 Å². The molecule has 0 aliphatic carbocycles. The Labute approximate surface area is 172 Å². The molecule has 1 aliphatic rings. The molecular weight excluding hydrogens is 374 g/mol. The molecule has 2 atom stereocenters. The van der Waals surface area contributed by atoms with Gasteiger partial charge in [-0.2, -0.15) is 0 Å². The first-order valence-electron chi connectivity index (χ1n) is 9.50. The highest BCUT2D eigenvalue weighted by Gasteiger charge is 2.31. The number of hydrogen-bond acceptors (Lipinski definition) is 3. The van der Waals surface area contributed by atoms with E-state index in [2.05, 4.69) is 10.6 Å². The molecule has 1 fully saturated rings. The molecule has 5 nitrogen and oxygen atoms in total. The third-order valence-electron chi connectivity index (χ3n) is 5.01. The summed E-state index contributed by atoms with van der Waals surface area (Å²) in [7, 11) is 1.93. The molecule has 0 radical (unpaired) electrons. The molecular formula is C22H28ClN3O2. The summed E-state index contributed by atoms with van der Waals surface area (Å²) in [6, 6.07) is 18.3. The van der Waals surface area contributed by atoms with Gasteiger partial charge in [0.2, 0.25) is 5.91 Å². The maximum absolute atomic E-state index is 13.2. The zero-order valence-corrected chi connectivity index (χ0v) is 17.0. The van der Waals surface area contributed by atoms with Crippen molar-refractivity contribution in [3.63, 3.8) is 0 Å². The summed E-state index contributed by atoms with van der Waals surface area (Å²) < 4.78 is 0. The zero-order valence-electron chi connectivity index (χ0n) is 16.1. The number of carbonyl (C=O) groups is 2. The third-order valence-corrected chi connectivity index (χ3v) is 5.01. The minimum absolute atomic E-state index is 0.